The highest BCUT2D eigenvalue weighted by Crippen LogP contribution is 2.27. The molecule has 4 aromatic rings. The maximum Gasteiger partial charge on any atom is 0.240 e. The summed E-state index contributed by atoms with van der Waals surface area (Å²) < 4.78 is 28.0. The van der Waals surface area contributed by atoms with Crippen LogP contribution in [-0.2, 0) is 21.2 Å². The van der Waals surface area contributed by atoms with Crippen molar-refractivity contribution in [2.24, 2.45) is 0 Å². The minimum atomic E-state index is -3.86. The number of anilines is 1. The standard InChI is InChI=1S/C22H18ClN3O3S/c23-17-9-7-16(8-10-17)13-26-14-21(19-5-1-2-6-20(19)26)30(28,29)15-22(27)25-18-4-3-11-24-12-18/h1-12,14H,13,15H2,(H,25,27). The molecule has 0 aliphatic rings. The van der Waals surface area contributed by atoms with Crippen molar-refractivity contribution >= 4 is 43.9 Å². The molecule has 1 N–H and O–H groups in total. The van der Waals surface area contributed by atoms with Crippen molar-refractivity contribution in [3.63, 3.8) is 0 Å². The first-order valence-electron chi connectivity index (χ1n) is 9.17. The van der Waals surface area contributed by atoms with E-state index in [-0.39, 0.29) is 4.90 Å². The zero-order valence-electron chi connectivity index (χ0n) is 15.8. The summed E-state index contributed by atoms with van der Waals surface area (Å²) in [5.74, 6) is -1.27. The Kier molecular flexibility index (Phi) is 5.57. The lowest BCUT2D eigenvalue weighted by Gasteiger charge is -2.06. The number of amides is 1. The molecule has 0 saturated heterocycles. The van der Waals surface area contributed by atoms with Gasteiger partial charge in [0.05, 0.1) is 16.8 Å². The van der Waals surface area contributed by atoms with Crippen molar-refractivity contribution in [1.29, 1.82) is 0 Å². The maximum absolute atomic E-state index is 13.0. The van der Waals surface area contributed by atoms with Crippen LogP contribution in [0.25, 0.3) is 10.9 Å². The van der Waals surface area contributed by atoms with Crippen LogP contribution in [0.3, 0.4) is 0 Å². The van der Waals surface area contributed by atoms with Crippen LogP contribution >= 0.6 is 11.6 Å². The highest BCUT2D eigenvalue weighted by molar-refractivity contribution is 7.92. The van der Waals surface area contributed by atoms with Gasteiger partial charge in [-0.3, -0.25) is 9.78 Å². The van der Waals surface area contributed by atoms with Gasteiger partial charge in [-0.05, 0) is 35.9 Å². The second kappa shape index (κ2) is 8.30. The Morgan fingerprint density at radius 1 is 1.03 bits per heavy atom. The number of fused-ring (bicyclic) bond motifs is 1. The van der Waals surface area contributed by atoms with Crippen molar-refractivity contribution < 1.29 is 13.2 Å². The molecule has 2 aromatic heterocycles. The van der Waals surface area contributed by atoms with E-state index >= 15 is 0 Å². The van der Waals surface area contributed by atoms with E-state index in [0.29, 0.717) is 22.6 Å². The molecule has 30 heavy (non-hydrogen) atoms. The van der Waals surface area contributed by atoms with Gasteiger partial charge in [0.25, 0.3) is 0 Å². The first kappa shape index (κ1) is 20.1. The normalized spacial score (nSPS) is 11.5. The minimum Gasteiger partial charge on any atom is -0.342 e. The number of rotatable bonds is 6. The Morgan fingerprint density at radius 3 is 2.53 bits per heavy atom. The third-order valence-electron chi connectivity index (χ3n) is 4.62. The first-order valence-corrected chi connectivity index (χ1v) is 11.2. The number of sulfone groups is 1. The SMILES string of the molecule is O=C(CS(=O)(=O)c1cn(Cc2ccc(Cl)cc2)c2ccccc12)Nc1cccnc1. The number of para-hydroxylation sites is 1. The van der Waals surface area contributed by atoms with Crippen molar-refractivity contribution in [1.82, 2.24) is 9.55 Å². The number of aromatic nitrogens is 2. The molecule has 0 spiro atoms. The molecule has 6 nitrogen and oxygen atoms in total. The van der Waals surface area contributed by atoms with Gasteiger partial charge in [0.2, 0.25) is 5.91 Å². The molecule has 152 valence electrons. The van der Waals surface area contributed by atoms with Crippen molar-refractivity contribution in [3.8, 4) is 0 Å². The molecule has 0 aliphatic carbocycles. The number of halogens is 1. The smallest absolute Gasteiger partial charge is 0.240 e. The molecule has 2 aromatic carbocycles. The Hall–Kier alpha value is -3.16. The zero-order chi connectivity index (χ0) is 21.1. The second-order valence-electron chi connectivity index (χ2n) is 6.81. The summed E-state index contributed by atoms with van der Waals surface area (Å²) in [6.45, 7) is 0.481. The van der Waals surface area contributed by atoms with E-state index in [0.717, 1.165) is 11.1 Å². The molecular weight excluding hydrogens is 422 g/mol. The van der Waals surface area contributed by atoms with Crippen LogP contribution in [0.1, 0.15) is 5.56 Å². The Balaban J connectivity index is 1.64. The van der Waals surface area contributed by atoms with Gasteiger partial charge in [-0.1, -0.05) is 41.9 Å². The van der Waals surface area contributed by atoms with E-state index in [2.05, 4.69) is 10.3 Å². The van der Waals surface area contributed by atoms with E-state index in [1.165, 1.54) is 6.20 Å². The summed E-state index contributed by atoms with van der Waals surface area (Å²) in [6, 6.07) is 17.9. The monoisotopic (exact) mass is 439 g/mol. The summed E-state index contributed by atoms with van der Waals surface area (Å²) in [4.78, 5) is 16.4. The van der Waals surface area contributed by atoms with Crippen LogP contribution in [0.5, 0.6) is 0 Å². The fraction of sp³-hybridized carbons (Fsp3) is 0.0909. The quantitative estimate of drug-likeness (QED) is 0.489. The summed E-state index contributed by atoms with van der Waals surface area (Å²) >= 11 is 5.95. The Bertz CT molecular complexity index is 1300. The number of pyridine rings is 1. The summed E-state index contributed by atoms with van der Waals surface area (Å²) in [7, 11) is -3.86. The van der Waals surface area contributed by atoms with Crippen LogP contribution in [0.4, 0.5) is 5.69 Å². The van der Waals surface area contributed by atoms with E-state index in [4.69, 9.17) is 11.6 Å². The molecular formula is C22H18ClN3O3S. The van der Waals surface area contributed by atoms with Crippen LogP contribution < -0.4 is 5.32 Å². The van der Waals surface area contributed by atoms with Gasteiger partial charge in [0.1, 0.15) is 5.75 Å². The fourth-order valence-electron chi connectivity index (χ4n) is 3.26. The predicted molar refractivity (Wildman–Crippen MR) is 117 cm³/mol. The predicted octanol–water partition coefficient (Wildman–Crippen LogP) is 4.15. The van der Waals surface area contributed by atoms with Crippen molar-refractivity contribution in [3.05, 3.63) is 89.8 Å². The molecule has 0 aliphatic heterocycles. The highest BCUT2D eigenvalue weighted by Gasteiger charge is 2.24. The number of carbonyl (C=O) groups excluding carboxylic acids is 1. The number of nitrogens with one attached hydrogen (secondary N) is 1. The van der Waals surface area contributed by atoms with E-state index < -0.39 is 21.5 Å². The number of hydrogen-bond acceptors (Lipinski definition) is 4. The van der Waals surface area contributed by atoms with Crippen LogP contribution in [-0.4, -0.2) is 29.6 Å². The third-order valence-corrected chi connectivity index (χ3v) is 6.51. The molecule has 0 radical (unpaired) electrons. The summed E-state index contributed by atoms with van der Waals surface area (Å²) in [5, 5.41) is 3.79. The van der Waals surface area contributed by atoms with Gasteiger partial charge >= 0.3 is 0 Å². The first-order chi connectivity index (χ1) is 14.4. The lowest BCUT2D eigenvalue weighted by Crippen LogP contribution is -2.23. The number of carbonyl (C=O) groups is 1. The van der Waals surface area contributed by atoms with Gasteiger partial charge in [-0.25, -0.2) is 8.42 Å². The van der Waals surface area contributed by atoms with Gasteiger partial charge < -0.3 is 9.88 Å². The van der Waals surface area contributed by atoms with E-state index in [1.807, 2.05) is 28.8 Å². The molecule has 0 saturated carbocycles. The molecule has 0 unspecified atom stereocenters. The number of benzene rings is 2. The van der Waals surface area contributed by atoms with Crippen LogP contribution in [0, 0.1) is 0 Å². The largest absolute Gasteiger partial charge is 0.342 e. The second-order valence-corrected chi connectivity index (χ2v) is 9.21. The van der Waals surface area contributed by atoms with Gasteiger partial charge in [-0.2, -0.15) is 0 Å². The maximum atomic E-state index is 13.0. The lowest BCUT2D eigenvalue weighted by molar-refractivity contribution is -0.113. The molecule has 1 amide bonds. The Labute approximate surface area is 179 Å². The molecule has 8 heteroatoms. The Morgan fingerprint density at radius 2 is 1.80 bits per heavy atom. The summed E-state index contributed by atoms with van der Waals surface area (Å²) in [5.41, 5.74) is 2.21. The topological polar surface area (TPSA) is 81.1 Å². The summed E-state index contributed by atoms with van der Waals surface area (Å²) in [6.07, 6.45) is 4.62. The third kappa shape index (κ3) is 4.37. The molecule has 0 fully saturated rings. The fourth-order valence-corrected chi connectivity index (χ4v) is 4.76. The molecule has 0 atom stereocenters. The average molecular weight is 440 g/mol. The molecule has 4 rings (SSSR count). The van der Waals surface area contributed by atoms with E-state index in [1.54, 1.807) is 48.8 Å². The van der Waals surface area contributed by atoms with Gasteiger partial charge in [0, 0.05) is 34.9 Å². The van der Waals surface area contributed by atoms with Gasteiger partial charge in [-0.15, -0.1) is 0 Å². The van der Waals surface area contributed by atoms with E-state index in [9.17, 15) is 13.2 Å². The number of hydrogen-bond donors (Lipinski definition) is 1. The molecule has 0 bridgehead atoms. The average Bonchev–Trinajstić information content (AvgIpc) is 3.10. The zero-order valence-corrected chi connectivity index (χ0v) is 17.4. The van der Waals surface area contributed by atoms with Crippen LogP contribution in [0.15, 0.2) is 84.1 Å². The highest BCUT2D eigenvalue weighted by atomic mass is 35.5. The van der Waals surface area contributed by atoms with Gasteiger partial charge in [0.15, 0.2) is 9.84 Å². The van der Waals surface area contributed by atoms with Crippen LogP contribution in [0.2, 0.25) is 5.02 Å². The lowest BCUT2D eigenvalue weighted by atomic mass is 10.2. The molecule has 2 heterocycles. The minimum absolute atomic E-state index is 0.133. The van der Waals surface area contributed by atoms with Crippen molar-refractivity contribution in [2.75, 3.05) is 11.1 Å². The van der Waals surface area contributed by atoms with Crippen molar-refractivity contribution in [2.45, 2.75) is 11.4 Å². The number of nitrogens with zero attached hydrogens (tertiary/aromatic N) is 2.